The monoisotopic (exact) mass is 459 g/mol. The van der Waals surface area contributed by atoms with Gasteiger partial charge in [-0.25, -0.2) is 14.4 Å². The molecule has 0 aliphatic carbocycles. The quantitative estimate of drug-likeness (QED) is 0.667. The Morgan fingerprint density at radius 3 is 2.72 bits per heavy atom. The van der Waals surface area contributed by atoms with Crippen LogP contribution in [-0.2, 0) is 11.3 Å². The average molecular weight is 460 g/mol. The predicted octanol–water partition coefficient (Wildman–Crippen LogP) is 4.28. The summed E-state index contributed by atoms with van der Waals surface area (Å²) in [4.78, 5) is 13.6. The van der Waals surface area contributed by atoms with E-state index < -0.39 is 5.82 Å². The molecule has 1 aromatic carbocycles. The third kappa shape index (κ3) is 4.75. The second kappa shape index (κ2) is 9.73. The maximum absolute atomic E-state index is 14.2. The summed E-state index contributed by atoms with van der Waals surface area (Å²) in [5.41, 5.74) is 3.96. The molecule has 0 bridgehead atoms. The molecule has 2 atom stereocenters. The van der Waals surface area contributed by atoms with Gasteiger partial charge in [-0.05, 0) is 24.6 Å². The van der Waals surface area contributed by atoms with E-state index in [0.29, 0.717) is 19.2 Å². The van der Waals surface area contributed by atoms with Crippen LogP contribution in [0.3, 0.4) is 0 Å². The Morgan fingerprint density at radius 2 is 2.03 bits per heavy atom. The minimum absolute atomic E-state index is 0.0143. The Labute approximate surface area is 194 Å². The Balaban J connectivity index is 1.48. The lowest BCUT2D eigenvalue weighted by Gasteiger charge is -2.40. The largest absolute Gasteiger partial charge is 0.371 e. The lowest BCUT2D eigenvalue weighted by Crippen LogP contribution is -2.47. The molecule has 8 heteroatoms. The average Bonchev–Trinajstić information content (AvgIpc) is 3.17. The van der Waals surface area contributed by atoms with Gasteiger partial charge in [0.25, 0.3) is 0 Å². The van der Waals surface area contributed by atoms with Crippen molar-refractivity contribution in [1.29, 1.82) is 0 Å². The number of fused-ring (bicyclic) bond motifs is 1. The first-order valence-corrected chi connectivity index (χ1v) is 11.5. The molecule has 2 aliphatic heterocycles. The van der Waals surface area contributed by atoms with E-state index >= 15 is 0 Å². The van der Waals surface area contributed by atoms with Crippen LogP contribution in [0.4, 0.5) is 10.2 Å². The summed E-state index contributed by atoms with van der Waals surface area (Å²) in [5, 5.41) is 3.62. The van der Waals surface area contributed by atoms with Gasteiger partial charge in [-0.15, -0.1) is 0 Å². The topological polar surface area (TPSA) is 53.5 Å². The van der Waals surface area contributed by atoms with Crippen molar-refractivity contribution in [3.05, 3.63) is 64.5 Å². The van der Waals surface area contributed by atoms with Crippen LogP contribution in [0.1, 0.15) is 49.6 Å². The van der Waals surface area contributed by atoms with E-state index in [9.17, 15) is 4.39 Å². The smallest absolute Gasteiger partial charge is 0.142 e. The van der Waals surface area contributed by atoms with Crippen LogP contribution >= 0.6 is 11.6 Å². The van der Waals surface area contributed by atoms with E-state index in [2.05, 4.69) is 45.5 Å². The predicted molar refractivity (Wildman–Crippen MR) is 125 cm³/mol. The lowest BCUT2D eigenvalue weighted by molar-refractivity contribution is 0.0787. The van der Waals surface area contributed by atoms with E-state index in [1.165, 1.54) is 6.07 Å². The van der Waals surface area contributed by atoms with Crippen LogP contribution in [0.15, 0.2) is 36.8 Å². The van der Waals surface area contributed by atoms with Crippen molar-refractivity contribution in [2.24, 2.45) is 0 Å². The fourth-order valence-corrected chi connectivity index (χ4v) is 4.55. The molecule has 32 heavy (non-hydrogen) atoms. The van der Waals surface area contributed by atoms with Gasteiger partial charge in [-0.3, -0.25) is 0 Å². The van der Waals surface area contributed by atoms with Gasteiger partial charge < -0.3 is 19.9 Å². The molecule has 0 spiro atoms. The van der Waals surface area contributed by atoms with Crippen molar-refractivity contribution in [3.8, 4) is 0 Å². The molecule has 1 N–H and O–H groups in total. The summed E-state index contributed by atoms with van der Waals surface area (Å²) in [6.45, 7) is 15.2. The van der Waals surface area contributed by atoms with E-state index in [4.69, 9.17) is 16.3 Å². The van der Waals surface area contributed by atoms with Gasteiger partial charge in [0.15, 0.2) is 0 Å². The first-order valence-electron chi connectivity index (χ1n) is 11.2. The maximum atomic E-state index is 14.2. The Kier molecular flexibility index (Phi) is 6.98. The van der Waals surface area contributed by atoms with Crippen LogP contribution in [0, 0.1) is 5.82 Å². The van der Waals surface area contributed by atoms with E-state index in [1.54, 1.807) is 12.4 Å². The molecule has 2 aromatic rings. The fraction of sp³-hybridized carbons (Fsp3) is 0.500. The highest BCUT2D eigenvalue weighted by atomic mass is 35.5. The number of ether oxygens (including phenoxy) is 1. The Hall–Kier alpha value is -2.22. The van der Waals surface area contributed by atoms with Crippen LogP contribution < -0.4 is 10.2 Å². The highest BCUT2D eigenvalue weighted by molar-refractivity contribution is 6.30. The maximum Gasteiger partial charge on any atom is 0.142 e. The SMILES string of the molecule is C=C(C(CNC(C)C)c1ccc(Cl)c(F)c1)N1CCN(c2ncnc3c2[C@H](C)OC3)CC1. The number of halogens is 2. The van der Waals surface area contributed by atoms with Crippen molar-refractivity contribution in [1.82, 2.24) is 20.2 Å². The van der Waals surface area contributed by atoms with Crippen molar-refractivity contribution >= 4 is 17.4 Å². The summed E-state index contributed by atoms with van der Waals surface area (Å²) < 4.78 is 20.0. The summed E-state index contributed by atoms with van der Waals surface area (Å²) in [6, 6.07) is 5.37. The third-order valence-corrected chi connectivity index (χ3v) is 6.59. The number of rotatable bonds is 7. The molecular formula is C24H31ClFN5O. The van der Waals surface area contributed by atoms with Gasteiger partial charge in [0.05, 0.1) is 23.4 Å². The molecule has 0 saturated carbocycles. The normalized spacial score (nSPS) is 19.4. The van der Waals surface area contributed by atoms with Gasteiger partial charge in [0.2, 0.25) is 0 Å². The second-order valence-corrected chi connectivity index (χ2v) is 9.17. The molecule has 172 valence electrons. The zero-order valence-corrected chi connectivity index (χ0v) is 19.7. The van der Waals surface area contributed by atoms with Crippen molar-refractivity contribution in [2.75, 3.05) is 37.6 Å². The first kappa shape index (κ1) is 23.0. The minimum Gasteiger partial charge on any atom is -0.371 e. The summed E-state index contributed by atoms with van der Waals surface area (Å²) in [5.74, 6) is 0.542. The van der Waals surface area contributed by atoms with E-state index in [-0.39, 0.29) is 17.0 Å². The van der Waals surface area contributed by atoms with Crippen molar-refractivity contribution in [2.45, 2.75) is 45.4 Å². The first-order chi connectivity index (χ1) is 15.3. The Bertz CT molecular complexity index is 977. The number of hydrogen-bond donors (Lipinski definition) is 1. The molecular weight excluding hydrogens is 429 g/mol. The van der Waals surface area contributed by atoms with Crippen LogP contribution in [0.5, 0.6) is 0 Å². The molecule has 1 unspecified atom stereocenters. The number of piperazine rings is 1. The van der Waals surface area contributed by atoms with Crippen molar-refractivity contribution < 1.29 is 9.13 Å². The molecule has 1 saturated heterocycles. The molecule has 1 fully saturated rings. The Morgan fingerprint density at radius 1 is 1.28 bits per heavy atom. The number of aromatic nitrogens is 2. The van der Waals surface area contributed by atoms with Crippen LogP contribution in [0.2, 0.25) is 5.02 Å². The third-order valence-electron chi connectivity index (χ3n) is 6.29. The molecule has 2 aliphatic rings. The van der Waals surface area contributed by atoms with Gasteiger partial charge >= 0.3 is 0 Å². The molecule has 3 heterocycles. The highest BCUT2D eigenvalue weighted by Gasteiger charge is 2.30. The standard InChI is InChI=1S/C24H31ClFN5O/c1-15(2)27-12-19(18-5-6-20(25)21(26)11-18)16(3)30-7-9-31(10-8-30)24-23-17(4)32-13-22(23)28-14-29-24/h5-6,11,14-15,17,19,27H,3,7-10,12-13H2,1-2,4H3/t17-,19?/m0/s1. The van der Waals surface area contributed by atoms with Crippen LogP contribution in [-0.4, -0.2) is 53.6 Å². The minimum atomic E-state index is -0.398. The number of nitrogens with one attached hydrogen (secondary N) is 1. The van der Waals surface area contributed by atoms with Gasteiger partial charge in [0, 0.05) is 55.9 Å². The summed E-state index contributed by atoms with van der Waals surface area (Å²) >= 11 is 5.92. The van der Waals surface area contributed by atoms with Crippen molar-refractivity contribution in [3.63, 3.8) is 0 Å². The van der Waals surface area contributed by atoms with E-state index in [1.807, 2.05) is 13.0 Å². The number of benzene rings is 1. The van der Waals surface area contributed by atoms with Gasteiger partial charge in [-0.2, -0.15) is 0 Å². The number of anilines is 1. The summed E-state index contributed by atoms with van der Waals surface area (Å²) in [6.07, 6.45) is 1.64. The molecule has 4 rings (SSSR count). The van der Waals surface area contributed by atoms with Crippen LogP contribution in [0.25, 0.3) is 0 Å². The zero-order chi connectivity index (χ0) is 22.8. The number of hydrogen-bond acceptors (Lipinski definition) is 6. The van der Waals surface area contributed by atoms with Gasteiger partial charge in [0.1, 0.15) is 18.0 Å². The van der Waals surface area contributed by atoms with E-state index in [0.717, 1.165) is 54.5 Å². The zero-order valence-electron chi connectivity index (χ0n) is 18.9. The lowest BCUT2D eigenvalue weighted by atomic mass is 9.94. The number of nitrogens with zero attached hydrogens (tertiary/aromatic N) is 4. The summed E-state index contributed by atoms with van der Waals surface area (Å²) in [7, 11) is 0. The molecule has 1 aromatic heterocycles. The van der Waals surface area contributed by atoms with Gasteiger partial charge in [-0.1, -0.05) is 38.1 Å². The fourth-order valence-electron chi connectivity index (χ4n) is 4.43. The highest BCUT2D eigenvalue weighted by Crippen LogP contribution is 2.36. The molecule has 0 amide bonds. The molecule has 0 radical (unpaired) electrons. The second-order valence-electron chi connectivity index (χ2n) is 8.77. The molecule has 6 nitrogen and oxygen atoms in total.